The summed E-state index contributed by atoms with van der Waals surface area (Å²) in [6.07, 6.45) is 11.0. The number of carbonyl (C=O) groups is 3. The number of carbonyl (C=O) groups excluding carboxylic acids is 3. The summed E-state index contributed by atoms with van der Waals surface area (Å²) in [6.45, 7) is 10.2. The van der Waals surface area contributed by atoms with Crippen molar-refractivity contribution in [3.05, 3.63) is 17.8 Å². The molecule has 0 radical (unpaired) electrons. The predicted molar refractivity (Wildman–Crippen MR) is 141 cm³/mol. The number of methoxy groups -OCH3 is 1. The van der Waals surface area contributed by atoms with Crippen LogP contribution >= 0.6 is 0 Å². The van der Waals surface area contributed by atoms with E-state index < -0.39 is 0 Å². The highest BCUT2D eigenvalue weighted by Crippen LogP contribution is 2.59. The van der Waals surface area contributed by atoms with Crippen LogP contribution in [0.25, 0.3) is 6.20 Å². The quantitative estimate of drug-likeness (QED) is 0.391. The van der Waals surface area contributed by atoms with Crippen molar-refractivity contribution in [1.82, 2.24) is 15.1 Å². The first kappa shape index (κ1) is 27.4. The van der Waals surface area contributed by atoms with Gasteiger partial charge in [0.05, 0.1) is 25.5 Å². The molecule has 4 bridgehead atoms. The number of alkyl carbamates (subject to hydrolysis) is 1. The van der Waals surface area contributed by atoms with Crippen LogP contribution in [0.5, 0.6) is 5.88 Å². The molecule has 8 nitrogen and oxygen atoms in total. The van der Waals surface area contributed by atoms with Crippen molar-refractivity contribution in [1.29, 1.82) is 0 Å². The second kappa shape index (κ2) is 10.6. The molecule has 2 atom stereocenters. The highest BCUT2D eigenvalue weighted by Gasteiger charge is 2.56. The molecule has 1 heterocycles. The monoisotopic (exact) mass is 513 g/mol. The van der Waals surface area contributed by atoms with Crippen LogP contribution in [-0.2, 0) is 9.53 Å². The minimum atomic E-state index is -0.353. The van der Waals surface area contributed by atoms with Gasteiger partial charge in [-0.25, -0.2) is 9.48 Å². The zero-order valence-electron chi connectivity index (χ0n) is 23.2. The Balaban J connectivity index is 1.51. The molecule has 1 aromatic heterocycles. The van der Waals surface area contributed by atoms with Crippen LogP contribution in [-0.4, -0.2) is 46.7 Å². The molecule has 4 fully saturated rings. The van der Waals surface area contributed by atoms with Gasteiger partial charge in [0, 0.05) is 24.6 Å². The molecule has 0 aliphatic heterocycles. The highest BCUT2D eigenvalue weighted by atomic mass is 16.5. The third kappa shape index (κ3) is 6.27. The van der Waals surface area contributed by atoms with Crippen LogP contribution in [0.15, 0.2) is 12.3 Å². The molecule has 0 saturated heterocycles. The van der Waals surface area contributed by atoms with Gasteiger partial charge in [-0.1, -0.05) is 33.8 Å². The number of rotatable bonds is 11. The molecule has 2 unspecified atom stereocenters. The van der Waals surface area contributed by atoms with E-state index in [2.05, 4.69) is 24.3 Å². The number of Topliss-reactive ketones (excluding diaryl/α,β-unsaturated/α-hetero) is 2. The third-order valence-corrected chi connectivity index (χ3v) is 8.42. The summed E-state index contributed by atoms with van der Waals surface area (Å²) in [5.41, 5.74) is 0.00830. The maximum Gasteiger partial charge on any atom is 0.407 e. The summed E-state index contributed by atoms with van der Waals surface area (Å²) in [5, 5.41) is 7.62. The lowest BCUT2D eigenvalue weighted by Crippen LogP contribution is -2.62. The number of amides is 1. The SMILES string of the molecule is COC(=O)NC12CC3CC(C1)C(CC(=O)c1cnn(/C=C/C(C)(C)CC(C)=O)c1OCC(C)C)C(C3)C2. The summed E-state index contributed by atoms with van der Waals surface area (Å²) in [7, 11) is 1.41. The number of nitrogens with one attached hydrogen (secondary N) is 1. The van der Waals surface area contributed by atoms with E-state index in [1.54, 1.807) is 24.0 Å². The Morgan fingerprint density at radius 1 is 1.22 bits per heavy atom. The van der Waals surface area contributed by atoms with Crippen molar-refractivity contribution >= 4 is 23.9 Å². The van der Waals surface area contributed by atoms with Gasteiger partial charge in [0.2, 0.25) is 5.88 Å². The first-order valence-corrected chi connectivity index (χ1v) is 13.7. The number of hydrogen-bond acceptors (Lipinski definition) is 6. The minimum Gasteiger partial charge on any atom is -0.477 e. The zero-order chi connectivity index (χ0) is 27.0. The molecule has 204 valence electrons. The molecule has 4 aliphatic carbocycles. The topological polar surface area (TPSA) is 99.5 Å². The van der Waals surface area contributed by atoms with Gasteiger partial charge in [0.1, 0.15) is 5.78 Å². The summed E-state index contributed by atoms with van der Waals surface area (Å²) in [5.74, 6) is 2.73. The predicted octanol–water partition coefficient (Wildman–Crippen LogP) is 5.52. The molecule has 1 aromatic rings. The van der Waals surface area contributed by atoms with E-state index >= 15 is 0 Å². The number of hydrogen-bond donors (Lipinski definition) is 1. The van der Waals surface area contributed by atoms with E-state index in [9.17, 15) is 14.4 Å². The number of ketones is 2. The van der Waals surface area contributed by atoms with Crippen molar-refractivity contribution in [3.63, 3.8) is 0 Å². The second-order valence-corrected chi connectivity index (χ2v) is 12.9. The van der Waals surface area contributed by atoms with Gasteiger partial charge in [-0.05, 0) is 74.0 Å². The minimum absolute atomic E-state index is 0.0638. The lowest BCUT2D eigenvalue weighted by molar-refractivity contribution is -0.118. The molecule has 1 amide bonds. The van der Waals surface area contributed by atoms with Crippen molar-refractivity contribution in [2.45, 2.75) is 85.1 Å². The molecular weight excluding hydrogens is 470 g/mol. The summed E-state index contributed by atoms with van der Waals surface area (Å²) < 4.78 is 12.6. The summed E-state index contributed by atoms with van der Waals surface area (Å²) >= 11 is 0. The lowest BCUT2D eigenvalue weighted by atomic mass is 9.48. The van der Waals surface area contributed by atoms with E-state index in [4.69, 9.17) is 9.47 Å². The van der Waals surface area contributed by atoms with Gasteiger partial charge in [0.15, 0.2) is 5.78 Å². The Bertz CT molecular complexity index is 1040. The van der Waals surface area contributed by atoms with Gasteiger partial charge in [0.25, 0.3) is 0 Å². The number of nitrogens with zero attached hydrogens (tertiary/aromatic N) is 2. The molecular formula is C29H43N3O5. The first-order chi connectivity index (χ1) is 17.4. The Morgan fingerprint density at radius 2 is 1.89 bits per heavy atom. The molecule has 4 saturated carbocycles. The summed E-state index contributed by atoms with van der Waals surface area (Å²) in [6, 6.07) is 0. The van der Waals surface area contributed by atoms with Gasteiger partial charge < -0.3 is 14.8 Å². The van der Waals surface area contributed by atoms with Crippen LogP contribution in [0.1, 0.15) is 89.9 Å². The highest BCUT2D eigenvalue weighted by molar-refractivity contribution is 5.98. The van der Waals surface area contributed by atoms with Gasteiger partial charge >= 0.3 is 6.09 Å². The number of aromatic nitrogens is 2. The van der Waals surface area contributed by atoms with Gasteiger partial charge in [-0.3, -0.25) is 9.59 Å². The van der Waals surface area contributed by atoms with Crippen molar-refractivity contribution in [2.75, 3.05) is 13.7 Å². The fraction of sp³-hybridized carbons (Fsp3) is 0.724. The second-order valence-electron chi connectivity index (χ2n) is 12.9. The molecule has 4 aliphatic rings. The zero-order valence-corrected chi connectivity index (χ0v) is 23.2. The fourth-order valence-corrected chi connectivity index (χ4v) is 7.22. The van der Waals surface area contributed by atoms with E-state index in [1.807, 2.05) is 19.9 Å². The average Bonchev–Trinajstić information content (AvgIpc) is 3.20. The Morgan fingerprint density at radius 3 is 2.49 bits per heavy atom. The number of allylic oxidation sites excluding steroid dienone is 1. The Labute approximate surface area is 220 Å². The standard InChI is InChI=1S/C29H43N3O5/c1-18(2)17-37-26-24(16-30-32(26)8-7-28(4,5)12-19(3)33)25(34)11-23-21-9-20-10-22(23)15-29(13-20,14-21)31-27(35)36-6/h7-8,16,18,20-23H,9-15,17H2,1-6H3,(H,31,35)/b8-7+. The lowest BCUT2D eigenvalue weighted by Gasteiger charge is -2.60. The van der Waals surface area contributed by atoms with E-state index in [-0.39, 0.29) is 28.6 Å². The fourth-order valence-electron chi connectivity index (χ4n) is 7.22. The van der Waals surface area contributed by atoms with Crippen LogP contribution < -0.4 is 10.1 Å². The smallest absolute Gasteiger partial charge is 0.407 e. The van der Waals surface area contributed by atoms with Crippen molar-refractivity contribution in [3.8, 4) is 5.88 Å². The van der Waals surface area contributed by atoms with Crippen molar-refractivity contribution in [2.24, 2.45) is 35.0 Å². The normalized spacial score (nSPS) is 28.6. The molecule has 0 aromatic carbocycles. The maximum atomic E-state index is 13.7. The first-order valence-electron chi connectivity index (χ1n) is 13.7. The Hall–Kier alpha value is -2.64. The van der Waals surface area contributed by atoms with Crippen molar-refractivity contribution < 1.29 is 23.9 Å². The van der Waals surface area contributed by atoms with Gasteiger partial charge in [-0.2, -0.15) is 5.10 Å². The average molecular weight is 514 g/mol. The largest absolute Gasteiger partial charge is 0.477 e. The van der Waals surface area contributed by atoms with E-state index in [0.29, 0.717) is 60.5 Å². The third-order valence-electron chi connectivity index (χ3n) is 8.42. The molecule has 1 N–H and O–H groups in total. The van der Waals surface area contributed by atoms with Gasteiger partial charge in [-0.15, -0.1) is 0 Å². The molecule has 5 rings (SSSR count). The van der Waals surface area contributed by atoms with Crippen LogP contribution in [0.2, 0.25) is 0 Å². The maximum absolute atomic E-state index is 13.7. The van der Waals surface area contributed by atoms with Crippen LogP contribution in [0.3, 0.4) is 0 Å². The van der Waals surface area contributed by atoms with Crippen LogP contribution in [0, 0.1) is 35.0 Å². The van der Waals surface area contributed by atoms with Crippen LogP contribution in [0.4, 0.5) is 4.79 Å². The summed E-state index contributed by atoms with van der Waals surface area (Å²) in [4.78, 5) is 37.3. The molecule has 8 heteroatoms. The number of ether oxygens (including phenoxy) is 2. The molecule has 37 heavy (non-hydrogen) atoms. The van der Waals surface area contributed by atoms with E-state index in [0.717, 1.165) is 32.1 Å². The molecule has 0 spiro atoms. The van der Waals surface area contributed by atoms with E-state index in [1.165, 1.54) is 7.11 Å². The Kier molecular flexibility index (Phi) is 7.86.